The maximum absolute atomic E-state index is 10.7. The predicted octanol–water partition coefficient (Wildman–Crippen LogP) is 1.39. The molecule has 0 saturated carbocycles. The predicted molar refractivity (Wildman–Crippen MR) is 55.4 cm³/mol. The van der Waals surface area contributed by atoms with E-state index in [-0.39, 0.29) is 11.2 Å². The number of rotatable bonds is 6. The fourth-order valence-electron chi connectivity index (χ4n) is 0.775. The number of ether oxygens (including phenoxy) is 1. The topological polar surface area (TPSA) is 63.6 Å². The van der Waals surface area contributed by atoms with Gasteiger partial charge in [0, 0.05) is 11.0 Å². The molecule has 0 aromatic rings. The molecule has 1 N–H and O–H groups in total. The third-order valence-corrected chi connectivity index (χ3v) is 3.38. The molecule has 14 heavy (non-hydrogen) atoms. The molecule has 0 spiro atoms. The zero-order valence-corrected chi connectivity index (χ0v) is 9.47. The van der Waals surface area contributed by atoms with Crippen molar-refractivity contribution in [3.05, 3.63) is 0 Å². The second-order valence-corrected chi connectivity index (χ2v) is 4.51. The quantitative estimate of drug-likeness (QED) is 0.685. The fourth-order valence-corrected chi connectivity index (χ4v) is 1.84. The van der Waals surface area contributed by atoms with Crippen LogP contribution in [0.2, 0.25) is 0 Å². The first kappa shape index (κ1) is 13.3. The summed E-state index contributed by atoms with van der Waals surface area (Å²) in [7, 11) is 1.34. The van der Waals surface area contributed by atoms with Crippen LogP contribution in [0, 0.1) is 5.92 Å². The molecule has 0 saturated heterocycles. The average Bonchev–Trinajstić information content (AvgIpc) is 2.15. The van der Waals surface area contributed by atoms with Gasteiger partial charge in [-0.05, 0) is 0 Å². The fraction of sp³-hybridized carbons (Fsp3) is 0.778. The van der Waals surface area contributed by atoms with Gasteiger partial charge in [0.2, 0.25) is 0 Å². The molecule has 0 radical (unpaired) electrons. The molecule has 0 heterocycles. The molecule has 0 rings (SSSR count). The number of hydrogen-bond donors (Lipinski definition) is 1. The highest BCUT2D eigenvalue weighted by atomic mass is 32.2. The van der Waals surface area contributed by atoms with Gasteiger partial charge in [0.05, 0.1) is 19.4 Å². The van der Waals surface area contributed by atoms with Gasteiger partial charge in [0.15, 0.2) is 0 Å². The summed E-state index contributed by atoms with van der Waals surface area (Å²) in [6.45, 7) is 3.51. The number of hydrogen-bond acceptors (Lipinski definition) is 4. The van der Waals surface area contributed by atoms with Gasteiger partial charge in [0.1, 0.15) is 0 Å². The number of carboxylic acids is 1. The maximum atomic E-state index is 10.7. The van der Waals surface area contributed by atoms with Crippen molar-refractivity contribution in [3.63, 3.8) is 0 Å². The molecule has 5 heteroatoms. The lowest BCUT2D eigenvalue weighted by molar-refractivity contribution is -0.141. The summed E-state index contributed by atoms with van der Waals surface area (Å²) in [4.78, 5) is 21.3. The molecule has 0 amide bonds. The van der Waals surface area contributed by atoms with Crippen molar-refractivity contribution >= 4 is 23.7 Å². The standard InChI is InChI=1S/C9H16O4S/c1-6(9(11)12)7(2)14-5-4-8(10)13-3/h6-7H,4-5H2,1-3H3,(H,11,12). The number of thioether (sulfide) groups is 1. The highest BCUT2D eigenvalue weighted by Crippen LogP contribution is 2.20. The van der Waals surface area contributed by atoms with Gasteiger partial charge in [-0.1, -0.05) is 13.8 Å². The van der Waals surface area contributed by atoms with Crippen LogP contribution >= 0.6 is 11.8 Å². The average molecular weight is 220 g/mol. The Morgan fingerprint density at radius 2 is 2.00 bits per heavy atom. The Labute approximate surface area is 88.0 Å². The van der Waals surface area contributed by atoms with E-state index in [0.717, 1.165) is 0 Å². The lowest BCUT2D eigenvalue weighted by Crippen LogP contribution is -2.20. The lowest BCUT2D eigenvalue weighted by atomic mass is 10.1. The van der Waals surface area contributed by atoms with E-state index >= 15 is 0 Å². The van der Waals surface area contributed by atoms with Gasteiger partial charge in [-0.15, -0.1) is 0 Å². The highest BCUT2D eigenvalue weighted by Gasteiger charge is 2.19. The monoisotopic (exact) mass is 220 g/mol. The number of methoxy groups -OCH3 is 1. The van der Waals surface area contributed by atoms with Crippen molar-refractivity contribution in [1.82, 2.24) is 0 Å². The minimum Gasteiger partial charge on any atom is -0.481 e. The molecule has 2 atom stereocenters. The van der Waals surface area contributed by atoms with Crippen molar-refractivity contribution in [1.29, 1.82) is 0 Å². The van der Waals surface area contributed by atoms with Crippen LogP contribution in [0.1, 0.15) is 20.3 Å². The Morgan fingerprint density at radius 3 is 2.43 bits per heavy atom. The first-order valence-electron chi connectivity index (χ1n) is 4.40. The summed E-state index contributed by atoms with van der Waals surface area (Å²) < 4.78 is 4.47. The van der Waals surface area contributed by atoms with Crippen molar-refractivity contribution in [3.8, 4) is 0 Å². The number of aliphatic carboxylic acids is 1. The van der Waals surface area contributed by atoms with Gasteiger partial charge in [-0.25, -0.2) is 0 Å². The van der Waals surface area contributed by atoms with E-state index in [4.69, 9.17) is 5.11 Å². The van der Waals surface area contributed by atoms with Crippen LogP contribution in [0.5, 0.6) is 0 Å². The largest absolute Gasteiger partial charge is 0.481 e. The van der Waals surface area contributed by atoms with E-state index in [1.807, 2.05) is 6.92 Å². The summed E-state index contributed by atoms with van der Waals surface area (Å²) in [5, 5.41) is 8.71. The van der Waals surface area contributed by atoms with Crippen molar-refractivity contribution in [2.75, 3.05) is 12.9 Å². The number of esters is 1. The SMILES string of the molecule is COC(=O)CCSC(C)C(C)C(=O)O. The molecule has 0 aliphatic heterocycles. The van der Waals surface area contributed by atoms with Gasteiger partial charge in [0.25, 0.3) is 0 Å². The third kappa shape index (κ3) is 5.11. The van der Waals surface area contributed by atoms with Crippen molar-refractivity contribution < 1.29 is 19.4 Å². The van der Waals surface area contributed by atoms with E-state index < -0.39 is 11.9 Å². The Kier molecular flexibility index (Phi) is 6.36. The van der Waals surface area contributed by atoms with Crippen LogP contribution in [0.15, 0.2) is 0 Å². The first-order valence-corrected chi connectivity index (χ1v) is 5.45. The summed E-state index contributed by atoms with van der Waals surface area (Å²) in [6.07, 6.45) is 0.331. The summed E-state index contributed by atoms with van der Waals surface area (Å²) >= 11 is 1.47. The van der Waals surface area contributed by atoms with Crippen LogP contribution in [0.3, 0.4) is 0 Å². The van der Waals surface area contributed by atoms with Gasteiger partial charge in [-0.2, -0.15) is 11.8 Å². The third-order valence-electron chi connectivity index (χ3n) is 2.01. The van der Waals surface area contributed by atoms with Crippen molar-refractivity contribution in [2.24, 2.45) is 5.92 Å². The molecule has 0 aliphatic rings. The molecule has 2 unspecified atom stereocenters. The molecule has 0 fully saturated rings. The van der Waals surface area contributed by atoms with Gasteiger partial charge < -0.3 is 9.84 Å². The second-order valence-electron chi connectivity index (χ2n) is 3.03. The summed E-state index contributed by atoms with van der Waals surface area (Å²) in [5.41, 5.74) is 0. The Hall–Kier alpha value is -0.710. The minimum absolute atomic E-state index is 0.0113. The second kappa shape index (κ2) is 6.70. The van der Waals surface area contributed by atoms with Crippen LogP contribution < -0.4 is 0 Å². The number of carbonyl (C=O) groups excluding carboxylic acids is 1. The Balaban J connectivity index is 3.68. The summed E-state index contributed by atoms with van der Waals surface area (Å²) in [6, 6.07) is 0. The molecule has 0 aromatic heterocycles. The first-order chi connectivity index (χ1) is 6.49. The minimum atomic E-state index is -0.803. The van der Waals surface area contributed by atoms with Crippen LogP contribution in [-0.2, 0) is 14.3 Å². The highest BCUT2D eigenvalue weighted by molar-refractivity contribution is 7.99. The summed E-state index contributed by atoms with van der Waals surface area (Å²) in [5.74, 6) is -0.848. The van der Waals surface area contributed by atoms with Crippen LogP contribution in [-0.4, -0.2) is 35.2 Å². The van der Waals surface area contributed by atoms with Gasteiger partial charge in [-0.3, -0.25) is 9.59 Å². The van der Waals surface area contributed by atoms with Gasteiger partial charge >= 0.3 is 11.9 Å². The maximum Gasteiger partial charge on any atom is 0.307 e. The Morgan fingerprint density at radius 1 is 1.43 bits per heavy atom. The Bertz CT molecular complexity index is 205. The number of carboxylic acid groups (broad SMARTS) is 1. The molecule has 82 valence electrons. The lowest BCUT2D eigenvalue weighted by Gasteiger charge is -2.14. The molecule has 4 nitrogen and oxygen atoms in total. The molecular formula is C9H16O4S. The van der Waals surface area contributed by atoms with E-state index in [9.17, 15) is 9.59 Å². The van der Waals surface area contributed by atoms with Crippen LogP contribution in [0.4, 0.5) is 0 Å². The van der Waals surface area contributed by atoms with E-state index in [0.29, 0.717) is 12.2 Å². The normalized spacial score (nSPS) is 14.5. The zero-order chi connectivity index (χ0) is 11.1. The smallest absolute Gasteiger partial charge is 0.307 e. The molecule has 0 aromatic carbocycles. The van der Waals surface area contributed by atoms with E-state index in [1.165, 1.54) is 18.9 Å². The van der Waals surface area contributed by atoms with Crippen molar-refractivity contribution in [2.45, 2.75) is 25.5 Å². The van der Waals surface area contributed by atoms with E-state index in [1.54, 1.807) is 6.92 Å². The molecule has 0 aliphatic carbocycles. The number of carbonyl (C=O) groups is 2. The van der Waals surface area contributed by atoms with Crippen LogP contribution in [0.25, 0.3) is 0 Å². The zero-order valence-electron chi connectivity index (χ0n) is 8.65. The molecular weight excluding hydrogens is 204 g/mol. The molecule has 0 bridgehead atoms. The van der Waals surface area contributed by atoms with E-state index in [2.05, 4.69) is 4.74 Å².